The minimum absolute atomic E-state index is 0.0893. The molecule has 0 saturated carbocycles. The number of amides is 3. The van der Waals surface area contributed by atoms with Crippen LogP contribution in [-0.2, 0) is 22.4 Å². The average Bonchev–Trinajstić information content (AvgIpc) is 3.41. The van der Waals surface area contributed by atoms with Crippen LogP contribution in [0.4, 0.5) is 11.4 Å². The molecule has 0 unspecified atom stereocenters. The van der Waals surface area contributed by atoms with Crippen molar-refractivity contribution < 1.29 is 23.9 Å². The molecule has 182 valence electrons. The number of imide groups is 1. The monoisotopic (exact) mass is 482 g/mol. The number of hydrogen-bond donors (Lipinski definition) is 0. The van der Waals surface area contributed by atoms with Crippen LogP contribution in [0, 0.1) is 5.92 Å². The van der Waals surface area contributed by atoms with Gasteiger partial charge in [-0.1, -0.05) is 44.2 Å². The van der Waals surface area contributed by atoms with Gasteiger partial charge in [0.15, 0.2) is 0 Å². The third-order valence-electron chi connectivity index (χ3n) is 6.80. The fourth-order valence-electron chi connectivity index (χ4n) is 4.93. The minimum Gasteiger partial charge on any atom is -0.426 e. The zero-order valence-electron chi connectivity index (χ0n) is 20.2. The highest BCUT2D eigenvalue weighted by Crippen LogP contribution is 2.34. The van der Waals surface area contributed by atoms with E-state index in [2.05, 4.69) is 13.8 Å². The lowest BCUT2D eigenvalue weighted by Crippen LogP contribution is -2.29. The molecule has 0 radical (unpaired) electrons. The van der Waals surface area contributed by atoms with Crippen LogP contribution in [0.2, 0.25) is 0 Å². The summed E-state index contributed by atoms with van der Waals surface area (Å²) in [4.78, 5) is 54.0. The van der Waals surface area contributed by atoms with Crippen LogP contribution in [-0.4, -0.2) is 30.2 Å². The van der Waals surface area contributed by atoms with Gasteiger partial charge in [-0.15, -0.1) is 0 Å². The van der Waals surface area contributed by atoms with Crippen LogP contribution in [0.15, 0.2) is 66.7 Å². The summed E-state index contributed by atoms with van der Waals surface area (Å²) in [6, 6.07) is 19.0. The van der Waals surface area contributed by atoms with Gasteiger partial charge >= 0.3 is 5.97 Å². The van der Waals surface area contributed by atoms with Crippen molar-refractivity contribution in [2.24, 2.45) is 5.92 Å². The van der Waals surface area contributed by atoms with Gasteiger partial charge in [-0.3, -0.25) is 19.2 Å². The summed E-state index contributed by atoms with van der Waals surface area (Å²) >= 11 is 0. The van der Waals surface area contributed by atoms with Gasteiger partial charge in [0.2, 0.25) is 5.91 Å². The quantitative estimate of drug-likeness (QED) is 0.292. The highest BCUT2D eigenvalue weighted by atomic mass is 16.5. The van der Waals surface area contributed by atoms with Gasteiger partial charge in [-0.25, -0.2) is 4.90 Å². The molecule has 0 aliphatic carbocycles. The molecule has 2 heterocycles. The van der Waals surface area contributed by atoms with Crippen molar-refractivity contribution in [1.82, 2.24) is 0 Å². The van der Waals surface area contributed by atoms with Gasteiger partial charge in [0.05, 0.1) is 22.7 Å². The van der Waals surface area contributed by atoms with Crippen LogP contribution < -0.4 is 14.5 Å². The fraction of sp³-hybridized carbons (Fsp3) is 0.241. The second-order valence-electron chi connectivity index (χ2n) is 8.94. The van der Waals surface area contributed by atoms with Crippen molar-refractivity contribution in [3.63, 3.8) is 0 Å². The maximum Gasteiger partial charge on any atom is 0.316 e. The Balaban J connectivity index is 1.29. The van der Waals surface area contributed by atoms with E-state index in [9.17, 15) is 19.2 Å². The number of para-hydroxylation sites is 1. The molecule has 1 atom stereocenters. The highest BCUT2D eigenvalue weighted by molar-refractivity contribution is 6.34. The van der Waals surface area contributed by atoms with E-state index >= 15 is 0 Å². The molecule has 5 rings (SSSR count). The molecule has 0 spiro atoms. The predicted molar refractivity (Wildman–Crippen MR) is 135 cm³/mol. The van der Waals surface area contributed by atoms with Gasteiger partial charge in [0.1, 0.15) is 5.75 Å². The van der Waals surface area contributed by atoms with Gasteiger partial charge in [-0.2, -0.15) is 0 Å². The largest absolute Gasteiger partial charge is 0.426 e. The molecule has 0 aromatic heterocycles. The third-order valence-corrected chi connectivity index (χ3v) is 6.80. The number of esters is 1. The van der Waals surface area contributed by atoms with Gasteiger partial charge in [0.25, 0.3) is 11.8 Å². The zero-order valence-corrected chi connectivity index (χ0v) is 20.2. The van der Waals surface area contributed by atoms with Crippen LogP contribution in [0.5, 0.6) is 5.75 Å². The van der Waals surface area contributed by atoms with E-state index in [0.29, 0.717) is 16.8 Å². The average molecular weight is 483 g/mol. The Morgan fingerprint density at radius 3 is 1.97 bits per heavy atom. The van der Waals surface area contributed by atoms with E-state index in [1.54, 1.807) is 53.4 Å². The molecule has 0 N–H and O–H groups in total. The molecule has 2 aliphatic rings. The van der Waals surface area contributed by atoms with Crippen molar-refractivity contribution >= 4 is 35.1 Å². The number of rotatable bonds is 6. The van der Waals surface area contributed by atoms with Gasteiger partial charge in [0, 0.05) is 18.7 Å². The molecular formula is C29H26N2O5. The van der Waals surface area contributed by atoms with E-state index in [-0.39, 0.29) is 36.4 Å². The van der Waals surface area contributed by atoms with E-state index in [1.807, 2.05) is 18.2 Å². The second-order valence-corrected chi connectivity index (χ2v) is 8.94. The number of aryl methyl sites for hydroxylation is 2. The fourth-order valence-corrected chi connectivity index (χ4v) is 4.93. The minimum atomic E-state index is -0.581. The lowest BCUT2D eigenvalue weighted by molar-refractivity contribution is -0.139. The van der Waals surface area contributed by atoms with Crippen molar-refractivity contribution in [3.8, 4) is 5.75 Å². The first-order valence-corrected chi connectivity index (χ1v) is 12.1. The standard InChI is InChI=1S/C29H26N2O5/c1-3-18-8-7-9-19(4-2)26(18)30-17-20(16-25(30)32)29(35)36-22-14-12-21(13-15-22)31-27(33)23-10-5-6-11-24(23)28(31)34/h5-15,20H,3-4,16-17H2,1-2H3/t20-/m1/s1. The third kappa shape index (κ3) is 3.96. The highest BCUT2D eigenvalue weighted by Gasteiger charge is 2.38. The molecule has 2 aliphatic heterocycles. The molecular weight excluding hydrogens is 456 g/mol. The molecule has 3 aromatic carbocycles. The predicted octanol–water partition coefficient (Wildman–Crippen LogP) is 4.57. The number of carbonyl (C=O) groups is 4. The number of ether oxygens (including phenoxy) is 1. The first kappa shape index (κ1) is 23.5. The Morgan fingerprint density at radius 2 is 1.42 bits per heavy atom. The Labute approximate surface area is 209 Å². The summed E-state index contributed by atoms with van der Waals surface area (Å²) in [7, 11) is 0. The second kappa shape index (κ2) is 9.41. The summed E-state index contributed by atoms with van der Waals surface area (Å²) in [5, 5.41) is 0. The van der Waals surface area contributed by atoms with Crippen LogP contribution in [0.1, 0.15) is 52.1 Å². The summed E-state index contributed by atoms with van der Waals surface area (Å²) in [6.45, 7) is 4.38. The molecule has 7 nitrogen and oxygen atoms in total. The number of anilines is 2. The normalized spacial score (nSPS) is 17.1. The maximum absolute atomic E-state index is 12.9. The first-order chi connectivity index (χ1) is 17.4. The van der Waals surface area contributed by atoms with Gasteiger partial charge < -0.3 is 9.64 Å². The topological polar surface area (TPSA) is 84.0 Å². The lowest BCUT2D eigenvalue weighted by Gasteiger charge is -2.23. The van der Waals surface area contributed by atoms with Crippen molar-refractivity contribution in [2.75, 3.05) is 16.3 Å². The Bertz CT molecular complexity index is 1320. The van der Waals surface area contributed by atoms with E-state index in [4.69, 9.17) is 4.74 Å². The smallest absolute Gasteiger partial charge is 0.316 e. The van der Waals surface area contributed by atoms with E-state index in [1.165, 1.54) is 0 Å². The number of carbonyl (C=O) groups excluding carboxylic acids is 4. The van der Waals surface area contributed by atoms with Crippen LogP contribution in [0.3, 0.4) is 0 Å². The van der Waals surface area contributed by atoms with E-state index < -0.39 is 11.9 Å². The van der Waals surface area contributed by atoms with Crippen LogP contribution in [0.25, 0.3) is 0 Å². The SMILES string of the molecule is CCc1cccc(CC)c1N1C[C@H](C(=O)Oc2ccc(N3C(=O)c4ccccc4C3=O)cc2)CC1=O. The summed E-state index contributed by atoms with van der Waals surface area (Å²) in [5.74, 6) is -1.63. The molecule has 1 saturated heterocycles. The summed E-state index contributed by atoms with van der Waals surface area (Å²) in [5.41, 5.74) is 4.20. The van der Waals surface area contributed by atoms with E-state index in [0.717, 1.165) is 34.6 Å². The summed E-state index contributed by atoms with van der Waals surface area (Å²) in [6.07, 6.45) is 1.68. The molecule has 36 heavy (non-hydrogen) atoms. The Kier molecular flexibility index (Phi) is 6.14. The lowest BCUT2D eigenvalue weighted by atomic mass is 10.0. The molecule has 0 bridgehead atoms. The Morgan fingerprint density at radius 1 is 0.833 bits per heavy atom. The van der Waals surface area contributed by atoms with Crippen LogP contribution >= 0.6 is 0 Å². The zero-order chi connectivity index (χ0) is 25.4. The number of hydrogen-bond acceptors (Lipinski definition) is 5. The maximum atomic E-state index is 12.9. The van der Waals surface area contributed by atoms with Crippen molar-refractivity contribution in [2.45, 2.75) is 33.1 Å². The van der Waals surface area contributed by atoms with Crippen molar-refractivity contribution in [1.29, 1.82) is 0 Å². The summed E-state index contributed by atoms with van der Waals surface area (Å²) < 4.78 is 5.57. The molecule has 7 heteroatoms. The molecule has 3 amide bonds. The van der Waals surface area contributed by atoms with Crippen molar-refractivity contribution in [3.05, 3.63) is 89.0 Å². The number of nitrogens with zero attached hydrogens (tertiary/aromatic N) is 2. The first-order valence-electron chi connectivity index (χ1n) is 12.1. The number of fused-ring (bicyclic) bond motifs is 1. The number of benzene rings is 3. The Hall–Kier alpha value is -4.26. The molecule has 3 aromatic rings. The van der Waals surface area contributed by atoms with Gasteiger partial charge in [-0.05, 0) is 60.4 Å². The molecule has 1 fully saturated rings.